The Balaban J connectivity index is 4.52. The maximum Gasteiger partial charge on any atom is 0.306 e. The van der Waals surface area contributed by atoms with Crippen LogP contribution in [0.15, 0.2) is 72.9 Å². The van der Waals surface area contributed by atoms with Gasteiger partial charge in [-0.05, 0) is 77.0 Å². The van der Waals surface area contributed by atoms with Gasteiger partial charge in [0.2, 0.25) is 0 Å². The minimum absolute atomic E-state index is 0.0453. The minimum atomic E-state index is -4.64. The van der Waals surface area contributed by atoms with Crippen molar-refractivity contribution in [3.8, 4) is 0 Å². The molecule has 10 heteroatoms. The Kier molecular flexibility index (Phi) is 34.4. The first-order chi connectivity index (χ1) is 26.0. The number of hydrogen-bond acceptors (Lipinski definition) is 8. The van der Waals surface area contributed by atoms with Gasteiger partial charge < -0.3 is 27.9 Å². The van der Waals surface area contributed by atoms with Gasteiger partial charge in [-0.2, -0.15) is 0 Å². The number of carbonyl (C=O) groups excluding carboxylic acids is 2. The molecule has 0 aromatic rings. The van der Waals surface area contributed by atoms with Crippen molar-refractivity contribution in [3.05, 3.63) is 72.9 Å². The van der Waals surface area contributed by atoms with E-state index >= 15 is 0 Å². The molecule has 0 aromatic heterocycles. The maximum atomic E-state index is 12.6. The van der Waals surface area contributed by atoms with E-state index in [2.05, 4.69) is 86.8 Å². The lowest BCUT2D eigenvalue weighted by atomic mass is 10.1. The average Bonchev–Trinajstić information content (AvgIpc) is 3.12. The van der Waals surface area contributed by atoms with Crippen LogP contribution in [0.25, 0.3) is 0 Å². The number of carbonyl (C=O) groups is 2. The summed E-state index contributed by atoms with van der Waals surface area (Å²) >= 11 is 0. The fourth-order valence-electron chi connectivity index (χ4n) is 4.99. The van der Waals surface area contributed by atoms with E-state index in [9.17, 15) is 19.0 Å². The number of nitrogens with zero attached hydrogens (tertiary/aromatic N) is 1. The lowest BCUT2D eigenvalue weighted by molar-refractivity contribution is -0.870. The smallest absolute Gasteiger partial charge is 0.306 e. The summed E-state index contributed by atoms with van der Waals surface area (Å²) in [5.74, 6) is -0.910. The number of quaternary nitrogens is 1. The zero-order valence-corrected chi connectivity index (χ0v) is 35.5. The van der Waals surface area contributed by atoms with Gasteiger partial charge in [-0.25, -0.2) is 0 Å². The molecule has 0 N–H and O–H groups in total. The van der Waals surface area contributed by atoms with E-state index in [0.717, 1.165) is 77.0 Å². The van der Waals surface area contributed by atoms with E-state index in [1.165, 1.54) is 25.7 Å². The number of rotatable bonds is 36. The highest BCUT2D eigenvalue weighted by atomic mass is 31.2. The van der Waals surface area contributed by atoms with Crippen LogP contribution in [0.4, 0.5) is 0 Å². The van der Waals surface area contributed by atoms with Crippen molar-refractivity contribution in [1.82, 2.24) is 0 Å². The average molecular weight is 778 g/mol. The van der Waals surface area contributed by atoms with E-state index in [1.54, 1.807) is 0 Å². The molecular formula is C44H76NO8P. The molecule has 9 nitrogen and oxygen atoms in total. The van der Waals surface area contributed by atoms with E-state index in [0.29, 0.717) is 23.9 Å². The van der Waals surface area contributed by atoms with E-state index in [1.807, 2.05) is 21.1 Å². The van der Waals surface area contributed by atoms with Gasteiger partial charge in [0.1, 0.15) is 19.8 Å². The molecule has 0 aliphatic rings. The molecule has 0 heterocycles. The van der Waals surface area contributed by atoms with Gasteiger partial charge >= 0.3 is 11.9 Å². The zero-order valence-electron chi connectivity index (χ0n) is 34.6. The van der Waals surface area contributed by atoms with Crippen molar-refractivity contribution in [1.29, 1.82) is 0 Å². The summed E-state index contributed by atoms with van der Waals surface area (Å²) in [6.45, 7) is 3.99. The molecule has 1 unspecified atom stereocenters. The summed E-state index contributed by atoms with van der Waals surface area (Å²) < 4.78 is 33.8. The van der Waals surface area contributed by atoms with Crippen molar-refractivity contribution in [2.24, 2.45) is 0 Å². The number of hydrogen-bond donors (Lipinski definition) is 0. The summed E-state index contributed by atoms with van der Waals surface area (Å²) in [4.78, 5) is 37.4. The van der Waals surface area contributed by atoms with Gasteiger partial charge in [-0.3, -0.25) is 14.2 Å². The molecule has 0 fully saturated rings. The summed E-state index contributed by atoms with van der Waals surface area (Å²) in [6.07, 6.45) is 43.6. The fourth-order valence-corrected chi connectivity index (χ4v) is 5.72. The molecule has 0 aliphatic heterocycles. The first kappa shape index (κ1) is 51.5. The third-order valence-electron chi connectivity index (χ3n) is 8.24. The van der Waals surface area contributed by atoms with Crippen molar-refractivity contribution >= 4 is 19.8 Å². The highest BCUT2D eigenvalue weighted by Crippen LogP contribution is 2.38. The lowest BCUT2D eigenvalue weighted by Gasteiger charge is -2.28. The largest absolute Gasteiger partial charge is 0.756 e. The minimum Gasteiger partial charge on any atom is -0.756 e. The molecule has 54 heavy (non-hydrogen) atoms. The molecule has 0 amide bonds. The first-order valence-electron chi connectivity index (χ1n) is 20.7. The number of allylic oxidation sites excluding steroid dienone is 12. The van der Waals surface area contributed by atoms with Crippen LogP contribution in [0.3, 0.4) is 0 Å². The van der Waals surface area contributed by atoms with Crippen LogP contribution < -0.4 is 4.89 Å². The van der Waals surface area contributed by atoms with Crippen LogP contribution in [0, 0.1) is 0 Å². The number of unbranched alkanes of at least 4 members (excludes halogenated alkanes) is 11. The Morgan fingerprint density at radius 2 is 1.11 bits per heavy atom. The Hall–Kier alpha value is -2.55. The van der Waals surface area contributed by atoms with Crippen molar-refractivity contribution in [2.75, 3.05) is 47.5 Å². The zero-order chi connectivity index (χ0) is 40.0. The second kappa shape index (κ2) is 36.1. The Labute approximate surface area is 329 Å². The predicted molar refractivity (Wildman–Crippen MR) is 222 cm³/mol. The van der Waals surface area contributed by atoms with Crippen molar-refractivity contribution < 1.29 is 42.1 Å². The summed E-state index contributed by atoms with van der Waals surface area (Å²) in [5.41, 5.74) is 0. The molecule has 0 bridgehead atoms. The molecular weight excluding hydrogens is 701 g/mol. The van der Waals surface area contributed by atoms with Crippen molar-refractivity contribution in [3.63, 3.8) is 0 Å². The highest BCUT2D eigenvalue weighted by Gasteiger charge is 2.21. The van der Waals surface area contributed by atoms with E-state index < -0.39 is 32.5 Å². The van der Waals surface area contributed by atoms with Crippen LogP contribution in [-0.2, 0) is 32.7 Å². The Morgan fingerprint density at radius 3 is 1.72 bits per heavy atom. The third-order valence-corrected chi connectivity index (χ3v) is 9.20. The molecule has 310 valence electrons. The lowest BCUT2D eigenvalue weighted by Crippen LogP contribution is -2.37. The van der Waals surface area contributed by atoms with Crippen molar-refractivity contribution in [2.45, 2.75) is 148 Å². The normalized spacial score (nSPS) is 14.4. The Morgan fingerprint density at radius 1 is 0.611 bits per heavy atom. The number of phosphoric ester groups is 1. The second-order valence-electron chi connectivity index (χ2n) is 14.6. The molecule has 2 atom stereocenters. The van der Waals surface area contributed by atoms with Gasteiger partial charge in [0.15, 0.2) is 6.10 Å². The number of esters is 2. The maximum absolute atomic E-state index is 12.6. The fraction of sp³-hybridized carbons (Fsp3) is 0.682. The third kappa shape index (κ3) is 39.2. The summed E-state index contributed by atoms with van der Waals surface area (Å²) in [6, 6.07) is 0. The molecule has 0 aromatic carbocycles. The van der Waals surface area contributed by atoms with Gasteiger partial charge in [0.25, 0.3) is 7.82 Å². The van der Waals surface area contributed by atoms with Crippen LogP contribution >= 0.6 is 7.82 Å². The topological polar surface area (TPSA) is 111 Å². The van der Waals surface area contributed by atoms with E-state index in [4.69, 9.17) is 18.5 Å². The Bertz CT molecular complexity index is 1150. The molecule has 0 spiro atoms. The predicted octanol–water partition coefficient (Wildman–Crippen LogP) is 10.8. The standard InChI is InChI=1S/C44H76NO8P/c1-6-8-10-12-14-16-18-20-22-24-26-28-30-32-34-36-43(46)50-40-42(41-52-54(48,49)51-39-38-45(3,4)5)53-44(47)37-35-33-31-29-27-25-23-21-19-17-15-13-11-9-7-2/h9,11,15-18,20-23,27,29,42H,6-8,10,12-14,19,24-26,28,30-41H2,1-5H3/b11-9+,17-15+,18-16+,22-20+,23-21+,29-27+/t42-/m1/s1. The van der Waals surface area contributed by atoms with Crippen LogP contribution in [0.1, 0.15) is 142 Å². The van der Waals surface area contributed by atoms with Crippen LogP contribution in [0.5, 0.6) is 0 Å². The summed E-state index contributed by atoms with van der Waals surface area (Å²) in [7, 11) is 1.11. The SMILES string of the molecule is CC/C=C/C/C=C/C/C=C/C/C=C/CCCCC(=O)O[C@H](COC(=O)CCCCCCC/C=C/C=C/CCCCCC)COP(=O)([O-])OCC[N+](C)(C)C. The molecule has 0 aliphatic carbocycles. The van der Waals surface area contributed by atoms with E-state index in [-0.39, 0.29) is 26.1 Å². The van der Waals surface area contributed by atoms with Crippen LogP contribution in [-0.4, -0.2) is 70.0 Å². The molecule has 0 saturated carbocycles. The first-order valence-corrected chi connectivity index (χ1v) is 22.1. The molecule has 0 rings (SSSR count). The van der Waals surface area contributed by atoms with Gasteiger partial charge in [-0.1, -0.05) is 125 Å². The monoisotopic (exact) mass is 778 g/mol. The van der Waals surface area contributed by atoms with Gasteiger partial charge in [0, 0.05) is 12.8 Å². The quantitative estimate of drug-likeness (QED) is 0.0154. The van der Waals surface area contributed by atoms with Gasteiger partial charge in [-0.15, -0.1) is 0 Å². The summed E-state index contributed by atoms with van der Waals surface area (Å²) in [5, 5.41) is 0. The second-order valence-corrected chi connectivity index (χ2v) is 16.1. The number of ether oxygens (including phenoxy) is 2. The van der Waals surface area contributed by atoms with Gasteiger partial charge in [0.05, 0.1) is 27.7 Å². The molecule has 0 saturated heterocycles. The highest BCUT2D eigenvalue weighted by molar-refractivity contribution is 7.45. The number of likely N-dealkylation sites (N-methyl/N-ethyl adjacent to an activating group) is 1. The molecule has 0 radical (unpaired) electrons. The number of phosphoric acid groups is 1. The van der Waals surface area contributed by atoms with Crippen LogP contribution in [0.2, 0.25) is 0 Å².